The highest BCUT2D eigenvalue weighted by molar-refractivity contribution is 6.06. The zero-order valence-electron chi connectivity index (χ0n) is 30.2. The van der Waals surface area contributed by atoms with Crippen LogP contribution in [-0.2, 0) is 35.2 Å². The molecule has 6 rings (SSSR count). The summed E-state index contributed by atoms with van der Waals surface area (Å²) in [7, 11) is 2.95. The minimum absolute atomic E-state index is 0.250. The third-order valence-electron chi connectivity index (χ3n) is 12.0. The van der Waals surface area contributed by atoms with Gasteiger partial charge in [0.15, 0.2) is 0 Å². The number of unbranched alkanes of at least 4 members (excludes halogenated alkanes) is 4. The van der Waals surface area contributed by atoms with Gasteiger partial charge in [-0.25, -0.2) is 9.59 Å². The summed E-state index contributed by atoms with van der Waals surface area (Å²) in [6.45, 7) is 4.58. The van der Waals surface area contributed by atoms with E-state index in [0.29, 0.717) is 11.1 Å². The highest BCUT2D eigenvalue weighted by atomic mass is 16.5. The van der Waals surface area contributed by atoms with Crippen molar-refractivity contribution >= 4 is 22.7 Å². The third-order valence-corrected chi connectivity index (χ3v) is 12.0. The Balaban J connectivity index is 1.69. The molecule has 3 aromatic rings. The summed E-state index contributed by atoms with van der Waals surface area (Å²) in [6.07, 6.45) is 22.4. The largest absolute Gasteiger partial charge is 0.465 e. The molecule has 2 saturated carbocycles. The van der Waals surface area contributed by atoms with E-state index in [-0.39, 0.29) is 23.8 Å². The maximum atomic E-state index is 14.1. The molecule has 4 heteroatoms. The number of rotatable bonds is 12. The van der Waals surface area contributed by atoms with Gasteiger partial charge in [0, 0.05) is 0 Å². The van der Waals surface area contributed by atoms with Crippen molar-refractivity contribution in [1.82, 2.24) is 0 Å². The van der Waals surface area contributed by atoms with Crippen molar-refractivity contribution in [2.24, 2.45) is 0 Å². The van der Waals surface area contributed by atoms with Gasteiger partial charge in [0.25, 0.3) is 0 Å². The maximum absolute atomic E-state index is 14.1. The number of hydrogen-bond donors (Lipinski definition) is 0. The Hall–Kier alpha value is -3.14. The monoisotopic (exact) mass is 650 g/mol. The Labute approximate surface area is 289 Å². The molecule has 0 radical (unpaired) electrons. The Morgan fingerprint density at radius 3 is 1.33 bits per heavy atom. The van der Waals surface area contributed by atoms with Crippen LogP contribution in [0.15, 0.2) is 24.3 Å². The van der Waals surface area contributed by atoms with E-state index in [9.17, 15) is 9.59 Å². The van der Waals surface area contributed by atoms with Crippen molar-refractivity contribution in [3.05, 3.63) is 79.9 Å². The molecule has 3 aromatic carbocycles. The van der Waals surface area contributed by atoms with E-state index in [4.69, 9.17) is 9.47 Å². The second-order valence-electron chi connectivity index (χ2n) is 14.9. The van der Waals surface area contributed by atoms with Crippen molar-refractivity contribution in [2.45, 2.75) is 154 Å². The molecule has 2 fully saturated rings. The van der Waals surface area contributed by atoms with Crippen LogP contribution in [-0.4, -0.2) is 26.2 Å². The summed E-state index contributed by atoms with van der Waals surface area (Å²) >= 11 is 0. The summed E-state index contributed by atoms with van der Waals surface area (Å²) in [6, 6.07) is 9.17. The van der Waals surface area contributed by atoms with Gasteiger partial charge in [0.05, 0.1) is 25.3 Å². The van der Waals surface area contributed by atoms with Gasteiger partial charge < -0.3 is 9.47 Å². The van der Waals surface area contributed by atoms with E-state index in [1.165, 1.54) is 110 Å². The Morgan fingerprint density at radius 2 is 0.979 bits per heavy atom. The summed E-state index contributed by atoms with van der Waals surface area (Å²) in [5.74, 6) is -0.243. The number of benzene rings is 3. The zero-order valence-corrected chi connectivity index (χ0v) is 30.2. The molecular weight excluding hydrogens is 592 g/mol. The van der Waals surface area contributed by atoms with Crippen LogP contribution in [0.25, 0.3) is 10.8 Å². The first-order valence-corrected chi connectivity index (χ1v) is 19.5. The number of esters is 2. The quantitative estimate of drug-likeness (QED) is 0.113. The summed E-state index contributed by atoms with van der Waals surface area (Å²) in [5, 5.41) is 2.85. The molecular formula is C44H58O4. The SMILES string of the molecule is CCCCCc1c2c(c(CCCCC)c3ccccc13)Cc1c(c(C3CCCCC3)c(C(=O)OC)c(C(=O)OC)c1C1CCCCC1)C2. The van der Waals surface area contributed by atoms with E-state index in [0.717, 1.165) is 88.2 Å². The van der Waals surface area contributed by atoms with Crippen LogP contribution < -0.4 is 0 Å². The van der Waals surface area contributed by atoms with Crippen LogP contribution in [0.3, 0.4) is 0 Å². The number of aryl methyl sites for hydroxylation is 2. The Bertz CT molecular complexity index is 1500. The van der Waals surface area contributed by atoms with Crippen molar-refractivity contribution in [2.75, 3.05) is 14.2 Å². The van der Waals surface area contributed by atoms with Crippen LogP contribution in [0.5, 0.6) is 0 Å². The highest BCUT2D eigenvalue weighted by Gasteiger charge is 2.40. The van der Waals surface area contributed by atoms with Crippen LogP contribution in [0.1, 0.15) is 194 Å². The van der Waals surface area contributed by atoms with Gasteiger partial charge in [-0.3, -0.25) is 0 Å². The highest BCUT2D eigenvalue weighted by Crippen LogP contribution is 2.50. The number of carbonyl (C=O) groups excluding carboxylic acids is 2. The molecule has 0 N–H and O–H groups in total. The van der Waals surface area contributed by atoms with Crippen molar-refractivity contribution in [1.29, 1.82) is 0 Å². The molecule has 0 aliphatic heterocycles. The molecule has 0 atom stereocenters. The van der Waals surface area contributed by atoms with E-state index in [1.807, 2.05) is 0 Å². The van der Waals surface area contributed by atoms with Crippen molar-refractivity contribution in [3.63, 3.8) is 0 Å². The third kappa shape index (κ3) is 6.70. The first-order chi connectivity index (χ1) is 23.5. The van der Waals surface area contributed by atoms with E-state index < -0.39 is 0 Å². The molecule has 0 amide bonds. The molecule has 0 aromatic heterocycles. The zero-order chi connectivity index (χ0) is 33.6. The second-order valence-corrected chi connectivity index (χ2v) is 14.9. The topological polar surface area (TPSA) is 52.6 Å². The summed E-state index contributed by atoms with van der Waals surface area (Å²) in [4.78, 5) is 28.1. The van der Waals surface area contributed by atoms with Gasteiger partial charge in [-0.2, -0.15) is 0 Å². The predicted molar refractivity (Wildman–Crippen MR) is 197 cm³/mol. The number of ether oxygens (including phenoxy) is 2. The molecule has 4 nitrogen and oxygen atoms in total. The fraction of sp³-hybridized carbons (Fsp3) is 0.591. The normalized spacial score (nSPS) is 16.8. The molecule has 258 valence electrons. The average Bonchev–Trinajstić information content (AvgIpc) is 3.14. The lowest BCUT2D eigenvalue weighted by Gasteiger charge is -2.37. The maximum Gasteiger partial charge on any atom is 0.339 e. The molecule has 0 heterocycles. The molecule has 3 aliphatic carbocycles. The minimum atomic E-state index is -0.372. The lowest BCUT2D eigenvalue weighted by molar-refractivity contribution is 0.0551. The van der Waals surface area contributed by atoms with E-state index in [1.54, 1.807) is 0 Å². The average molecular weight is 651 g/mol. The first kappa shape index (κ1) is 34.7. The first-order valence-electron chi connectivity index (χ1n) is 19.5. The standard InChI is InChI=1S/C44H58O4/c1-5-7-11-23-33-31-25-17-18-26-32(31)34(24-12-8-6-2)36-28-38-37(27-35(33)36)39(29-19-13-9-14-20-29)41(43(45)47-3)42(44(46)48-4)40(38)30-21-15-10-16-22-30/h17-18,25-26,29-30H,5-16,19-24,27-28H2,1-4H3. The molecule has 48 heavy (non-hydrogen) atoms. The van der Waals surface area contributed by atoms with Gasteiger partial charge in [-0.15, -0.1) is 0 Å². The number of fused-ring (bicyclic) bond motifs is 3. The van der Waals surface area contributed by atoms with Gasteiger partial charge in [0.1, 0.15) is 0 Å². The van der Waals surface area contributed by atoms with Crippen molar-refractivity contribution < 1.29 is 19.1 Å². The second kappa shape index (κ2) is 16.0. The van der Waals surface area contributed by atoms with Crippen LogP contribution in [0, 0.1) is 0 Å². The van der Waals surface area contributed by atoms with Gasteiger partial charge in [-0.1, -0.05) is 102 Å². The molecule has 0 saturated heterocycles. The summed E-state index contributed by atoms with van der Waals surface area (Å²) < 4.78 is 11.2. The van der Waals surface area contributed by atoms with E-state index in [2.05, 4.69) is 38.1 Å². The number of carbonyl (C=O) groups is 2. The molecule has 0 spiro atoms. The Morgan fingerprint density at radius 1 is 0.583 bits per heavy atom. The van der Waals surface area contributed by atoms with Crippen LogP contribution in [0.4, 0.5) is 0 Å². The lowest BCUT2D eigenvalue weighted by atomic mass is 9.66. The predicted octanol–water partition coefficient (Wildman–Crippen LogP) is 11.5. The smallest absolute Gasteiger partial charge is 0.339 e. The number of methoxy groups -OCH3 is 2. The van der Waals surface area contributed by atoms with Crippen molar-refractivity contribution in [3.8, 4) is 0 Å². The molecule has 3 aliphatic rings. The molecule has 0 unspecified atom stereocenters. The number of hydrogen-bond acceptors (Lipinski definition) is 4. The van der Waals surface area contributed by atoms with Crippen LogP contribution >= 0.6 is 0 Å². The minimum Gasteiger partial charge on any atom is -0.465 e. The Kier molecular flexibility index (Phi) is 11.6. The van der Waals surface area contributed by atoms with Gasteiger partial charge >= 0.3 is 11.9 Å². The van der Waals surface area contributed by atoms with Gasteiger partial charge in [-0.05, 0) is 131 Å². The van der Waals surface area contributed by atoms with Gasteiger partial charge in [0.2, 0.25) is 0 Å². The molecule has 0 bridgehead atoms. The fourth-order valence-corrected chi connectivity index (χ4v) is 9.77. The van der Waals surface area contributed by atoms with E-state index >= 15 is 0 Å². The lowest BCUT2D eigenvalue weighted by Crippen LogP contribution is -2.28. The summed E-state index contributed by atoms with van der Waals surface area (Å²) in [5.41, 5.74) is 12.0. The fourth-order valence-electron chi connectivity index (χ4n) is 9.77. The van der Waals surface area contributed by atoms with Crippen LogP contribution in [0.2, 0.25) is 0 Å².